The predicted octanol–water partition coefficient (Wildman–Crippen LogP) is 4.64. The first kappa shape index (κ1) is 16.5. The molecule has 4 nitrogen and oxygen atoms in total. The van der Waals surface area contributed by atoms with E-state index in [9.17, 15) is 15.0 Å². The second kappa shape index (κ2) is 6.74. The fourth-order valence-corrected chi connectivity index (χ4v) is 3.13. The number of hydrogen-bond acceptors (Lipinski definition) is 2. The maximum atomic E-state index is 11.8. The number of carboxylic acids is 1. The first-order valence-electron chi connectivity index (χ1n) is 8.37. The number of para-hydroxylation sites is 1. The number of rotatable bonds is 2. The van der Waals surface area contributed by atoms with Crippen molar-refractivity contribution < 1.29 is 15.0 Å². The molecule has 0 aliphatic carbocycles. The summed E-state index contributed by atoms with van der Waals surface area (Å²) >= 11 is 0. The zero-order valence-electron chi connectivity index (χ0n) is 14.2. The number of H-pyrrole nitrogens is 1. The minimum absolute atomic E-state index is 0.137. The summed E-state index contributed by atoms with van der Waals surface area (Å²) in [6.45, 7) is 0. The van der Waals surface area contributed by atoms with Gasteiger partial charge in [-0.1, -0.05) is 42.2 Å². The molecule has 0 amide bonds. The van der Waals surface area contributed by atoms with Gasteiger partial charge in [-0.2, -0.15) is 0 Å². The van der Waals surface area contributed by atoms with Gasteiger partial charge in [-0.05, 0) is 36.4 Å². The summed E-state index contributed by atoms with van der Waals surface area (Å²) in [5, 5.41) is 20.2. The van der Waals surface area contributed by atoms with E-state index in [-0.39, 0.29) is 11.3 Å². The fraction of sp³-hybridized carbons (Fsp3) is 0. The van der Waals surface area contributed by atoms with Crippen LogP contribution in [0, 0.1) is 11.8 Å². The van der Waals surface area contributed by atoms with Crippen molar-refractivity contribution in [2.45, 2.75) is 0 Å². The van der Waals surface area contributed by atoms with Gasteiger partial charge in [0, 0.05) is 39.4 Å². The lowest BCUT2D eigenvalue weighted by Crippen LogP contribution is -2.01. The largest absolute Gasteiger partial charge is 0.508 e. The van der Waals surface area contributed by atoms with Gasteiger partial charge in [-0.3, -0.25) is 0 Å². The molecule has 3 aromatic carbocycles. The number of phenols is 1. The van der Waals surface area contributed by atoms with Gasteiger partial charge < -0.3 is 15.2 Å². The number of aromatic carboxylic acids is 1. The molecule has 4 aromatic rings. The Labute approximate surface area is 155 Å². The lowest BCUT2D eigenvalue weighted by Gasteiger charge is -2.08. The van der Waals surface area contributed by atoms with Crippen molar-refractivity contribution in [3.8, 4) is 28.7 Å². The molecule has 0 aliphatic rings. The SMILES string of the molecule is O=C(O)c1cccc(C#Cc2cccc(O)c2)c1-c1c[nH]c2ccccc12. The Balaban J connectivity index is 1.94. The molecule has 0 unspecified atom stereocenters. The normalized spacial score (nSPS) is 10.4. The van der Waals surface area contributed by atoms with E-state index in [0.29, 0.717) is 16.7 Å². The van der Waals surface area contributed by atoms with Gasteiger partial charge in [0.2, 0.25) is 0 Å². The molecule has 0 saturated carbocycles. The Morgan fingerprint density at radius 2 is 1.74 bits per heavy atom. The highest BCUT2D eigenvalue weighted by atomic mass is 16.4. The summed E-state index contributed by atoms with van der Waals surface area (Å²) in [5.74, 6) is 5.21. The van der Waals surface area contributed by atoms with Crippen molar-refractivity contribution >= 4 is 16.9 Å². The second-order valence-electron chi connectivity index (χ2n) is 6.08. The number of hydrogen-bond donors (Lipinski definition) is 3. The van der Waals surface area contributed by atoms with Crippen LogP contribution in [0.2, 0.25) is 0 Å². The van der Waals surface area contributed by atoms with Crippen molar-refractivity contribution in [1.82, 2.24) is 4.98 Å². The molecule has 0 bridgehead atoms. The first-order chi connectivity index (χ1) is 13.1. The van der Waals surface area contributed by atoms with Crippen molar-refractivity contribution in [2.24, 2.45) is 0 Å². The molecule has 0 spiro atoms. The zero-order valence-corrected chi connectivity index (χ0v) is 14.2. The topological polar surface area (TPSA) is 73.3 Å². The van der Waals surface area contributed by atoms with Gasteiger partial charge in [0.25, 0.3) is 0 Å². The van der Waals surface area contributed by atoms with Crippen LogP contribution in [0.5, 0.6) is 5.75 Å². The van der Waals surface area contributed by atoms with Crippen LogP contribution in [0.1, 0.15) is 21.5 Å². The van der Waals surface area contributed by atoms with Gasteiger partial charge in [0.15, 0.2) is 0 Å². The van der Waals surface area contributed by atoms with Crippen molar-refractivity contribution in [2.75, 3.05) is 0 Å². The van der Waals surface area contributed by atoms with Crippen LogP contribution >= 0.6 is 0 Å². The zero-order chi connectivity index (χ0) is 18.8. The van der Waals surface area contributed by atoms with E-state index in [1.54, 1.807) is 42.5 Å². The first-order valence-corrected chi connectivity index (χ1v) is 8.37. The third kappa shape index (κ3) is 3.14. The molecule has 4 rings (SSSR count). The average molecular weight is 353 g/mol. The number of carbonyl (C=O) groups is 1. The van der Waals surface area contributed by atoms with E-state index in [2.05, 4.69) is 16.8 Å². The van der Waals surface area contributed by atoms with Crippen LogP contribution in [0.15, 0.2) is 72.9 Å². The monoisotopic (exact) mass is 353 g/mol. The summed E-state index contributed by atoms with van der Waals surface area (Å²) in [6.07, 6.45) is 1.81. The van der Waals surface area contributed by atoms with Gasteiger partial charge in [0.05, 0.1) is 5.56 Å². The highest BCUT2D eigenvalue weighted by Gasteiger charge is 2.17. The molecule has 4 heteroatoms. The van der Waals surface area contributed by atoms with Gasteiger partial charge in [-0.25, -0.2) is 4.79 Å². The lowest BCUT2D eigenvalue weighted by molar-refractivity contribution is 0.0697. The van der Waals surface area contributed by atoms with E-state index < -0.39 is 5.97 Å². The van der Waals surface area contributed by atoms with Crippen molar-refractivity contribution in [3.63, 3.8) is 0 Å². The lowest BCUT2D eigenvalue weighted by atomic mass is 9.94. The van der Waals surface area contributed by atoms with Gasteiger partial charge in [0.1, 0.15) is 5.75 Å². The number of nitrogens with one attached hydrogen (secondary N) is 1. The fourth-order valence-electron chi connectivity index (χ4n) is 3.13. The Bertz CT molecular complexity index is 1230. The summed E-state index contributed by atoms with van der Waals surface area (Å²) < 4.78 is 0. The predicted molar refractivity (Wildman–Crippen MR) is 105 cm³/mol. The number of carboxylic acid groups (broad SMARTS) is 1. The minimum Gasteiger partial charge on any atom is -0.508 e. The molecular formula is C23H15NO3. The minimum atomic E-state index is -1.00. The third-order valence-electron chi connectivity index (χ3n) is 4.34. The standard InChI is InChI=1S/C23H15NO3/c25-17-7-3-5-15(13-17)11-12-16-6-4-9-19(23(26)27)22(16)20-14-24-21-10-2-1-8-18(20)21/h1-10,13-14,24-25H,(H,26,27). The summed E-state index contributed by atoms with van der Waals surface area (Å²) in [4.78, 5) is 15.0. The van der Waals surface area contributed by atoms with Crippen LogP contribution in [-0.2, 0) is 0 Å². The molecule has 0 radical (unpaired) electrons. The van der Waals surface area contributed by atoms with Crippen LogP contribution < -0.4 is 0 Å². The highest BCUT2D eigenvalue weighted by Crippen LogP contribution is 2.33. The Hall–Kier alpha value is -3.97. The summed E-state index contributed by atoms with van der Waals surface area (Å²) in [6, 6.07) is 19.5. The number of aromatic amines is 1. The maximum Gasteiger partial charge on any atom is 0.336 e. The Morgan fingerprint density at radius 3 is 2.56 bits per heavy atom. The summed E-state index contributed by atoms with van der Waals surface area (Å²) in [5.41, 5.74) is 3.77. The molecule has 27 heavy (non-hydrogen) atoms. The number of phenolic OH excluding ortho intramolecular Hbond substituents is 1. The van der Waals surface area contributed by atoms with E-state index in [4.69, 9.17) is 0 Å². The van der Waals surface area contributed by atoms with E-state index in [1.807, 2.05) is 30.5 Å². The molecule has 1 aromatic heterocycles. The van der Waals surface area contributed by atoms with Gasteiger partial charge in [-0.15, -0.1) is 0 Å². The van der Waals surface area contributed by atoms with E-state index >= 15 is 0 Å². The molecule has 3 N–H and O–H groups in total. The number of aromatic hydroxyl groups is 1. The number of benzene rings is 3. The number of fused-ring (bicyclic) bond motifs is 1. The Morgan fingerprint density at radius 1 is 0.926 bits per heavy atom. The smallest absolute Gasteiger partial charge is 0.336 e. The molecule has 0 aliphatic heterocycles. The molecule has 0 saturated heterocycles. The van der Waals surface area contributed by atoms with Crippen LogP contribution in [-0.4, -0.2) is 21.2 Å². The average Bonchev–Trinajstić information content (AvgIpc) is 3.10. The molecule has 130 valence electrons. The van der Waals surface area contributed by atoms with Crippen LogP contribution in [0.3, 0.4) is 0 Å². The van der Waals surface area contributed by atoms with Crippen LogP contribution in [0.25, 0.3) is 22.0 Å². The second-order valence-corrected chi connectivity index (χ2v) is 6.08. The third-order valence-corrected chi connectivity index (χ3v) is 4.34. The van der Waals surface area contributed by atoms with Crippen molar-refractivity contribution in [3.05, 3.63) is 89.6 Å². The molecule has 0 atom stereocenters. The van der Waals surface area contributed by atoms with Crippen molar-refractivity contribution in [1.29, 1.82) is 0 Å². The highest BCUT2D eigenvalue weighted by molar-refractivity contribution is 6.04. The van der Waals surface area contributed by atoms with Crippen LogP contribution in [0.4, 0.5) is 0 Å². The molecule has 0 fully saturated rings. The summed E-state index contributed by atoms with van der Waals surface area (Å²) in [7, 11) is 0. The molecular weight excluding hydrogens is 338 g/mol. The molecule has 1 heterocycles. The van der Waals surface area contributed by atoms with E-state index in [0.717, 1.165) is 16.5 Å². The maximum absolute atomic E-state index is 11.8. The van der Waals surface area contributed by atoms with Gasteiger partial charge >= 0.3 is 5.97 Å². The Kier molecular flexibility index (Phi) is 4.12. The number of aromatic nitrogens is 1. The van der Waals surface area contributed by atoms with E-state index in [1.165, 1.54) is 0 Å². The quantitative estimate of drug-likeness (QED) is 0.460.